The van der Waals surface area contributed by atoms with Crippen LogP contribution in [0.2, 0.25) is 0 Å². The maximum Gasteiger partial charge on any atom is 0.234 e. The molecule has 0 aliphatic carbocycles. The third-order valence-corrected chi connectivity index (χ3v) is 4.47. The van der Waals surface area contributed by atoms with Crippen LogP contribution in [0.4, 0.5) is 10.1 Å². The van der Waals surface area contributed by atoms with Gasteiger partial charge in [-0.1, -0.05) is 18.2 Å². The molecule has 0 spiro atoms. The summed E-state index contributed by atoms with van der Waals surface area (Å²) in [7, 11) is 0. The highest BCUT2D eigenvalue weighted by molar-refractivity contribution is 9.10. The van der Waals surface area contributed by atoms with E-state index in [1.165, 1.54) is 23.9 Å². The van der Waals surface area contributed by atoms with Gasteiger partial charge in [0, 0.05) is 10.2 Å². The van der Waals surface area contributed by atoms with Gasteiger partial charge in [0.2, 0.25) is 5.91 Å². The number of amides is 1. The molecule has 2 rings (SSSR count). The Labute approximate surface area is 136 Å². The maximum atomic E-state index is 12.8. The Morgan fingerprint density at radius 1 is 1.24 bits per heavy atom. The lowest BCUT2D eigenvalue weighted by atomic mass is 10.2. The number of carbonyl (C=O) groups excluding carboxylic acids is 1. The van der Waals surface area contributed by atoms with Crippen LogP contribution < -0.4 is 5.32 Å². The van der Waals surface area contributed by atoms with E-state index in [1.807, 2.05) is 25.1 Å². The number of benzene rings is 2. The molecule has 0 heterocycles. The maximum absolute atomic E-state index is 12.8. The van der Waals surface area contributed by atoms with Gasteiger partial charge in [-0.25, -0.2) is 4.39 Å². The minimum absolute atomic E-state index is 0.0494. The van der Waals surface area contributed by atoms with E-state index < -0.39 is 0 Å². The fraction of sp³-hybridized carbons (Fsp3) is 0.188. The van der Waals surface area contributed by atoms with E-state index in [2.05, 4.69) is 21.2 Å². The van der Waals surface area contributed by atoms with Crippen LogP contribution in [0, 0.1) is 12.7 Å². The van der Waals surface area contributed by atoms with Gasteiger partial charge in [0.1, 0.15) is 5.82 Å². The zero-order chi connectivity index (χ0) is 15.2. The van der Waals surface area contributed by atoms with E-state index in [0.717, 1.165) is 21.3 Å². The van der Waals surface area contributed by atoms with Gasteiger partial charge in [0.15, 0.2) is 0 Å². The molecule has 2 nitrogen and oxygen atoms in total. The second-order valence-corrected chi connectivity index (χ2v) is 6.49. The molecule has 0 radical (unpaired) electrons. The molecule has 0 saturated heterocycles. The van der Waals surface area contributed by atoms with Gasteiger partial charge in [-0.15, -0.1) is 11.8 Å². The van der Waals surface area contributed by atoms with Crippen LogP contribution >= 0.6 is 27.7 Å². The number of hydrogen-bond donors (Lipinski definition) is 1. The van der Waals surface area contributed by atoms with Gasteiger partial charge >= 0.3 is 0 Å². The molecule has 5 heteroatoms. The van der Waals surface area contributed by atoms with Crippen LogP contribution in [0.15, 0.2) is 46.9 Å². The lowest BCUT2D eigenvalue weighted by molar-refractivity contribution is -0.113. The number of carbonyl (C=O) groups is 1. The molecule has 2 aromatic rings. The number of anilines is 1. The summed E-state index contributed by atoms with van der Waals surface area (Å²) in [5.74, 6) is 0.748. The molecule has 0 fully saturated rings. The summed E-state index contributed by atoms with van der Waals surface area (Å²) in [5, 5.41) is 2.87. The van der Waals surface area contributed by atoms with Crippen molar-refractivity contribution in [2.75, 3.05) is 11.1 Å². The number of rotatable bonds is 5. The topological polar surface area (TPSA) is 29.1 Å². The number of nitrogens with one attached hydrogen (secondary N) is 1. The number of aryl methyl sites for hydroxylation is 1. The number of halogens is 2. The van der Waals surface area contributed by atoms with Crippen LogP contribution in [0.1, 0.15) is 11.1 Å². The Morgan fingerprint density at radius 2 is 1.95 bits per heavy atom. The summed E-state index contributed by atoms with van der Waals surface area (Å²) in [6.07, 6.45) is 0. The summed E-state index contributed by atoms with van der Waals surface area (Å²) in [4.78, 5) is 11.9. The number of hydrogen-bond acceptors (Lipinski definition) is 2. The average Bonchev–Trinajstić information content (AvgIpc) is 2.44. The van der Waals surface area contributed by atoms with E-state index in [0.29, 0.717) is 11.5 Å². The second-order valence-electron chi connectivity index (χ2n) is 4.65. The minimum Gasteiger partial charge on any atom is -0.324 e. The standard InChI is InChI=1S/C16H15BrFNOS/c1-11-2-7-15(14(17)8-11)19-16(20)10-21-9-12-3-5-13(18)6-4-12/h2-8H,9-10H2,1H3,(H,19,20). The van der Waals surface area contributed by atoms with Crippen molar-refractivity contribution in [1.29, 1.82) is 0 Å². The van der Waals surface area contributed by atoms with Crippen molar-refractivity contribution in [3.05, 3.63) is 63.9 Å². The fourth-order valence-corrected chi connectivity index (χ4v) is 3.13. The van der Waals surface area contributed by atoms with Crippen molar-refractivity contribution < 1.29 is 9.18 Å². The predicted octanol–water partition coefficient (Wildman–Crippen LogP) is 4.77. The Kier molecular flexibility index (Phi) is 5.82. The smallest absolute Gasteiger partial charge is 0.234 e. The molecular weight excluding hydrogens is 353 g/mol. The highest BCUT2D eigenvalue weighted by Crippen LogP contribution is 2.23. The Morgan fingerprint density at radius 3 is 2.62 bits per heavy atom. The molecule has 0 unspecified atom stereocenters. The lowest BCUT2D eigenvalue weighted by Crippen LogP contribution is -2.14. The quantitative estimate of drug-likeness (QED) is 0.824. The van der Waals surface area contributed by atoms with Gasteiger partial charge in [0.25, 0.3) is 0 Å². The minimum atomic E-state index is -0.245. The monoisotopic (exact) mass is 367 g/mol. The normalized spacial score (nSPS) is 10.4. The highest BCUT2D eigenvalue weighted by Gasteiger charge is 2.06. The molecule has 110 valence electrons. The first-order chi connectivity index (χ1) is 10.0. The van der Waals surface area contributed by atoms with E-state index in [1.54, 1.807) is 12.1 Å². The van der Waals surface area contributed by atoms with Crippen molar-refractivity contribution in [1.82, 2.24) is 0 Å². The van der Waals surface area contributed by atoms with Crippen LogP contribution in [-0.4, -0.2) is 11.7 Å². The fourth-order valence-electron chi connectivity index (χ4n) is 1.75. The molecule has 0 aliphatic heterocycles. The van der Waals surface area contributed by atoms with Gasteiger partial charge in [0.05, 0.1) is 11.4 Å². The molecule has 0 bridgehead atoms. The summed E-state index contributed by atoms with van der Waals surface area (Å²) < 4.78 is 13.6. The third-order valence-electron chi connectivity index (χ3n) is 2.81. The van der Waals surface area contributed by atoms with E-state index >= 15 is 0 Å². The molecule has 21 heavy (non-hydrogen) atoms. The lowest BCUT2D eigenvalue weighted by Gasteiger charge is -2.08. The first kappa shape index (κ1) is 16.0. The SMILES string of the molecule is Cc1ccc(NC(=O)CSCc2ccc(F)cc2)c(Br)c1. The first-order valence-corrected chi connectivity index (χ1v) is 8.37. The first-order valence-electron chi connectivity index (χ1n) is 6.43. The Hall–Kier alpha value is -1.33. The molecular formula is C16H15BrFNOS. The Balaban J connectivity index is 1.81. The molecule has 0 aliphatic rings. The molecule has 0 saturated carbocycles. The summed E-state index contributed by atoms with van der Waals surface area (Å²) in [6.45, 7) is 1.99. The number of thioether (sulfide) groups is 1. The van der Waals surface area contributed by atoms with Crippen LogP contribution in [0.25, 0.3) is 0 Å². The van der Waals surface area contributed by atoms with Crippen molar-refractivity contribution in [3.63, 3.8) is 0 Å². The molecule has 0 atom stereocenters. The van der Waals surface area contributed by atoms with Gasteiger partial charge in [-0.2, -0.15) is 0 Å². The zero-order valence-electron chi connectivity index (χ0n) is 11.5. The molecule has 1 N–H and O–H groups in total. The molecule has 0 aromatic heterocycles. The highest BCUT2D eigenvalue weighted by atomic mass is 79.9. The van der Waals surface area contributed by atoms with Gasteiger partial charge in [-0.3, -0.25) is 4.79 Å². The third kappa shape index (κ3) is 5.17. The van der Waals surface area contributed by atoms with Gasteiger partial charge < -0.3 is 5.32 Å². The van der Waals surface area contributed by atoms with Crippen molar-refractivity contribution in [2.45, 2.75) is 12.7 Å². The summed E-state index contributed by atoms with van der Waals surface area (Å²) in [6, 6.07) is 12.1. The zero-order valence-corrected chi connectivity index (χ0v) is 13.9. The van der Waals surface area contributed by atoms with Crippen LogP contribution in [0.3, 0.4) is 0 Å². The van der Waals surface area contributed by atoms with Crippen molar-refractivity contribution in [2.24, 2.45) is 0 Å². The summed E-state index contributed by atoms with van der Waals surface area (Å²) in [5.41, 5.74) is 2.91. The van der Waals surface area contributed by atoms with E-state index in [4.69, 9.17) is 0 Å². The Bertz CT molecular complexity index is 631. The van der Waals surface area contributed by atoms with Crippen molar-refractivity contribution in [3.8, 4) is 0 Å². The van der Waals surface area contributed by atoms with Crippen LogP contribution in [0.5, 0.6) is 0 Å². The van der Waals surface area contributed by atoms with E-state index in [9.17, 15) is 9.18 Å². The van der Waals surface area contributed by atoms with Crippen molar-refractivity contribution >= 4 is 39.3 Å². The second kappa shape index (κ2) is 7.61. The molecule has 2 aromatic carbocycles. The van der Waals surface area contributed by atoms with Gasteiger partial charge in [-0.05, 0) is 58.2 Å². The largest absolute Gasteiger partial charge is 0.324 e. The predicted molar refractivity (Wildman–Crippen MR) is 90.1 cm³/mol. The van der Waals surface area contributed by atoms with Crippen LogP contribution in [-0.2, 0) is 10.5 Å². The van der Waals surface area contributed by atoms with E-state index in [-0.39, 0.29) is 11.7 Å². The molecule has 1 amide bonds. The average molecular weight is 368 g/mol. The summed E-state index contributed by atoms with van der Waals surface area (Å²) >= 11 is 4.93.